The summed E-state index contributed by atoms with van der Waals surface area (Å²) in [5.74, 6) is -0.359. The van der Waals surface area contributed by atoms with Crippen LogP contribution in [0.3, 0.4) is 0 Å². The number of halogens is 1. The van der Waals surface area contributed by atoms with Crippen molar-refractivity contribution in [1.82, 2.24) is 10.2 Å². The molecule has 0 saturated heterocycles. The average Bonchev–Trinajstić information content (AvgIpc) is 2.78. The Hall–Kier alpha value is -2.89. The molecule has 0 radical (unpaired) electrons. The number of ether oxygens (including phenoxy) is 1. The molecule has 3 rings (SSSR count). The van der Waals surface area contributed by atoms with E-state index in [2.05, 4.69) is 5.32 Å². The molecule has 2 amide bonds. The van der Waals surface area contributed by atoms with Gasteiger partial charge >= 0.3 is 0 Å². The highest BCUT2D eigenvalue weighted by molar-refractivity contribution is 5.88. The van der Waals surface area contributed by atoms with Crippen LogP contribution in [-0.2, 0) is 16.1 Å². The SMILES string of the molecule is Cc1ccc(OCC(=O)N(Cc2ccccc2F)[C@H](C)C(=O)NC2CCCCC2)c(C)c1. The Bertz CT molecular complexity index is 940. The van der Waals surface area contributed by atoms with Gasteiger partial charge in [-0.2, -0.15) is 0 Å². The van der Waals surface area contributed by atoms with Crippen molar-refractivity contribution in [3.8, 4) is 5.75 Å². The summed E-state index contributed by atoms with van der Waals surface area (Å²) in [4.78, 5) is 27.5. The second kappa shape index (κ2) is 11.1. The number of carbonyl (C=O) groups is 2. The number of benzene rings is 2. The zero-order chi connectivity index (χ0) is 23.1. The normalized spacial score (nSPS) is 15.1. The lowest BCUT2D eigenvalue weighted by Gasteiger charge is -2.31. The fraction of sp³-hybridized carbons (Fsp3) is 0.462. The largest absolute Gasteiger partial charge is 0.483 e. The molecule has 32 heavy (non-hydrogen) atoms. The van der Waals surface area contributed by atoms with Crippen molar-refractivity contribution in [1.29, 1.82) is 0 Å². The van der Waals surface area contributed by atoms with Crippen molar-refractivity contribution < 1.29 is 18.7 Å². The molecule has 1 saturated carbocycles. The quantitative estimate of drug-likeness (QED) is 0.648. The van der Waals surface area contributed by atoms with Gasteiger partial charge in [0.2, 0.25) is 5.91 Å². The molecule has 2 aromatic rings. The van der Waals surface area contributed by atoms with Gasteiger partial charge in [0.1, 0.15) is 17.6 Å². The third-order valence-corrected chi connectivity index (χ3v) is 6.10. The van der Waals surface area contributed by atoms with E-state index in [0.29, 0.717) is 11.3 Å². The molecule has 1 aliphatic rings. The van der Waals surface area contributed by atoms with Gasteiger partial charge in [-0.1, -0.05) is 55.2 Å². The van der Waals surface area contributed by atoms with E-state index < -0.39 is 11.9 Å². The van der Waals surface area contributed by atoms with Crippen molar-refractivity contribution in [3.63, 3.8) is 0 Å². The van der Waals surface area contributed by atoms with E-state index in [9.17, 15) is 14.0 Å². The van der Waals surface area contributed by atoms with Gasteiger partial charge in [-0.3, -0.25) is 9.59 Å². The predicted octanol–water partition coefficient (Wildman–Crippen LogP) is 4.69. The highest BCUT2D eigenvalue weighted by Gasteiger charge is 2.29. The second-order valence-electron chi connectivity index (χ2n) is 8.69. The fourth-order valence-electron chi connectivity index (χ4n) is 4.15. The zero-order valence-electron chi connectivity index (χ0n) is 19.2. The molecule has 1 atom stereocenters. The Morgan fingerprint density at radius 2 is 1.84 bits per heavy atom. The number of aryl methyl sites for hydroxylation is 2. The van der Waals surface area contributed by atoms with Crippen molar-refractivity contribution >= 4 is 11.8 Å². The molecular weight excluding hydrogens is 407 g/mol. The first-order chi connectivity index (χ1) is 15.3. The minimum Gasteiger partial charge on any atom is -0.483 e. The number of nitrogens with one attached hydrogen (secondary N) is 1. The molecule has 5 nitrogen and oxygen atoms in total. The van der Waals surface area contributed by atoms with E-state index in [-0.39, 0.29) is 31.0 Å². The van der Waals surface area contributed by atoms with Gasteiger partial charge in [-0.05, 0) is 51.3 Å². The van der Waals surface area contributed by atoms with Gasteiger partial charge in [-0.15, -0.1) is 0 Å². The maximum atomic E-state index is 14.3. The van der Waals surface area contributed by atoms with Crippen LogP contribution < -0.4 is 10.1 Å². The minimum absolute atomic E-state index is 0.000992. The molecule has 172 valence electrons. The fourth-order valence-corrected chi connectivity index (χ4v) is 4.15. The summed E-state index contributed by atoms with van der Waals surface area (Å²) in [5.41, 5.74) is 2.40. The van der Waals surface area contributed by atoms with Crippen molar-refractivity contribution in [2.75, 3.05) is 6.61 Å². The molecule has 1 fully saturated rings. The first-order valence-electron chi connectivity index (χ1n) is 11.4. The molecular formula is C26H33FN2O3. The van der Waals surface area contributed by atoms with E-state index >= 15 is 0 Å². The topological polar surface area (TPSA) is 58.6 Å². The predicted molar refractivity (Wildman–Crippen MR) is 123 cm³/mol. The van der Waals surface area contributed by atoms with E-state index in [1.54, 1.807) is 25.1 Å². The van der Waals surface area contributed by atoms with Crippen LogP contribution in [0.15, 0.2) is 42.5 Å². The van der Waals surface area contributed by atoms with E-state index in [0.717, 1.165) is 36.8 Å². The summed E-state index contributed by atoms with van der Waals surface area (Å²) in [7, 11) is 0. The molecule has 0 bridgehead atoms. The molecule has 0 aliphatic heterocycles. The lowest BCUT2D eigenvalue weighted by molar-refractivity contribution is -0.142. The van der Waals surface area contributed by atoms with E-state index in [1.165, 1.54) is 17.4 Å². The number of nitrogens with zero attached hydrogens (tertiary/aromatic N) is 1. The van der Waals surface area contributed by atoms with Gasteiger partial charge < -0.3 is 15.0 Å². The van der Waals surface area contributed by atoms with Crippen LogP contribution in [0.2, 0.25) is 0 Å². The Labute approximate surface area is 190 Å². The van der Waals surface area contributed by atoms with Crippen LogP contribution in [0.5, 0.6) is 5.75 Å². The van der Waals surface area contributed by atoms with Crippen LogP contribution in [0.1, 0.15) is 55.7 Å². The molecule has 0 aromatic heterocycles. The highest BCUT2D eigenvalue weighted by atomic mass is 19.1. The standard InChI is InChI=1S/C26H33FN2O3/c1-18-13-14-24(19(2)15-18)32-17-25(30)29(16-21-9-7-8-12-23(21)27)20(3)26(31)28-22-10-5-4-6-11-22/h7-9,12-15,20,22H,4-6,10-11,16-17H2,1-3H3,(H,28,31)/t20-/m1/s1. The summed E-state index contributed by atoms with van der Waals surface area (Å²) in [6.07, 6.45) is 5.29. The zero-order valence-corrected chi connectivity index (χ0v) is 19.2. The maximum Gasteiger partial charge on any atom is 0.261 e. The number of rotatable bonds is 8. The smallest absolute Gasteiger partial charge is 0.261 e. The van der Waals surface area contributed by atoms with E-state index in [4.69, 9.17) is 4.74 Å². The molecule has 2 aromatic carbocycles. The average molecular weight is 441 g/mol. The lowest BCUT2D eigenvalue weighted by atomic mass is 9.95. The van der Waals surface area contributed by atoms with Crippen LogP contribution in [-0.4, -0.2) is 35.4 Å². The van der Waals surface area contributed by atoms with Crippen LogP contribution >= 0.6 is 0 Å². The van der Waals surface area contributed by atoms with Crippen molar-refractivity contribution in [2.45, 2.75) is 71.5 Å². The lowest BCUT2D eigenvalue weighted by Crippen LogP contribution is -2.51. The first-order valence-corrected chi connectivity index (χ1v) is 11.4. The summed E-state index contributed by atoms with van der Waals surface area (Å²) in [6, 6.07) is 11.4. The van der Waals surface area contributed by atoms with Gasteiger partial charge in [0, 0.05) is 18.2 Å². The summed E-state index contributed by atoms with van der Waals surface area (Å²) in [5, 5.41) is 3.08. The van der Waals surface area contributed by atoms with Crippen molar-refractivity contribution in [2.24, 2.45) is 0 Å². The Morgan fingerprint density at radius 1 is 1.12 bits per heavy atom. The molecule has 1 N–H and O–H groups in total. The molecule has 0 heterocycles. The number of hydrogen-bond donors (Lipinski definition) is 1. The summed E-state index contributed by atoms with van der Waals surface area (Å²) in [6.45, 7) is 5.38. The number of amides is 2. The Morgan fingerprint density at radius 3 is 2.53 bits per heavy atom. The van der Waals surface area contributed by atoms with Gasteiger partial charge in [0.05, 0.1) is 0 Å². The maximum absolute atomic E-state index is 14.3. The summed E-state index contributed by atoms with van der Waals surface area (Å²) < 4.78 is 20.1. The highest BCUT2D eigenvalue weighted by Crippen LogP contribution is 2.21. The third-order valence-electron chi connectivity index (χ3n) is 6.10. The van der Waals surface area contributed by atoms with Gasteiger partial charge in [-0.25, -0.2) is 4.39 Å². The van der Waals surface area contributed by atoms with Crippen LogP contribution in [0.25, 0.3) is 0 Å². The van der Waals surface area contributed by atoms with Crippen molar-refractivity contribution in [3.05, 3.63) is 65.0 Å². The van der Waals surface area contributed by atoms with Gasteiger partial charge in [0.25, 0.3) is 5.91 Å². The Balaban J connectivity index is 1.73. The molecule has 0 spiro atoms. The first kappa shape index (κ1) is 23.8. The second-order valence-corrected chi connectivity index (χ2v) is 8.69. The van der Waals surface area contributed by atoms with Crippen LogP contribution in [0, 0.1) is 19.7 Å². The summed E-state index contributed by atoms with van der Waals surface area (Å²) >= 11 is 0. The molecule has 1 aliphatic carbocycles. The molecule has 0 unspecified atom stereocenters. The van der Waals surface area contributed by atoms with E-state index in [1.807, 2.05) is 32.0 Å². The van der Waals surface area contributed by atoms with Crippen LogP contribution in [0.4, 0.5) is 4.39 Å². The monoisotopic (exact) mass is 440 g/mol. The number of hydrogen-bond acceptors (Lipinski definition) is 3. The minimum atomic E-state index is -0.744. The Kier molecular flexibility index (Phi) is 8.26. The molecule has 6 heteroatoms. The van der Waals surface area contributed by atoms with Gasteiger partial charge in [0.15, 0.2) is 6.61 Å². The number of carbonyl (C=O) groups excluding carboxylic acids is 2. The third kappa shape index (κ3) is 6.31.